The molecular formula is C15H22IN3O3. The van der Waals surface area contributed by atoms with Crippen molar-refractivity contribution < 1.29 is 14.3 Å². The van der Waals surface area contributed by atoms with Crippen LogP contribution in [0.5, 0.6) is 0 Å². The van der Waals surface area contributed by atoms with Gasteiger partial charge in [0.1, 0.15) is 9.26 Å². The van der Waals surface area contributed by atoms with Gasteiger partial charge in [0.25, 0.3) is 0 Å². The third kappa shape index (κ3) is 3.80. The first kappa shape index (κ1) is 17.2. The molecule has 0 bridgehead atoms. The van der Waals surface area contributed by atoms with Gasteiger partial charge in [0.05, 0.1) is 25.4 Å². The Balaban J connectivity index is 2.22. The third-order valence-corrected chi connectivity index (χ3v) is 4.21. The zero-order chi connectivity index (χ0) is 16.5. The van der Waals surface area contributed by atoms with E-state index in [-0.39, 0.29) is 17.3 Å². The lowest BCUT2D eigenvalue weighted by Gasteiger charge is -2.30. The molecule has 122 valence electrons. The minimum Gasteiger partial charge on any atom is -0.462 e. The van der Waals surface area contributed by atoms with Gasteiger partial charge in [-0.15, -0.1) is 0 Å². The normalized spacial score (nSPS) is 14.7. The molecule has 0 spiro atoms. The van der Waals surface area contributed by atoms with Gasteiger partial charge in [-0.2, -0.15) is 5.10 Å². The fourth-order valence-corrected chi connectivity index (χ4v) is 3.26. The second kappa shape index (κ2) is 6.55. The summed E-state index contributed by atoms with van der Waals surface area (Å²) in [5.74, 6) is -0.247. The third-order valence-electron chi connectivity index (χ3n) is 3.45. The summed E-state index contributed by atoms with van der Waals surface area (Å²) in [6.45, 7) is 9.90. The van der Waals surface area contributed by atoms with Gasteiger partial charge in [-0.25, -0.2) is 4.79 Å². The second-order valence-corrected chi connectivity index (χ2v) is 7.63. The largest absolute Gasteiger partial charge is 0.462 e. The summed E-state index contributed by atoms with van der Waals surface area (Å²) < 4.78 is 7.56. The van der Waals surface area contributed by atoms with Crippen LogP contribution in [0.4, 0.5) is 0 Å². The smallest absolute Gasteiger partial charge is 0.342 e. The number of carbonyl (C=O) groups excluding carboxylic acids is 2. The molecule has 0 unspecified atom stereocenters. The van der Waals surface area contributed by atoms with Crippen LogP contribution >= 0.6 is 22.6 Å². The minimum atomic E-state index is -0.363. The van der Waals surface area contributed by atoms with Gasteiger partial charge in [-0.3, -0.25) is 9.48 Å². The molecule has 0 N–H and O–H groups in total. The molecule has 0 atom stereocenters. The molecular weight excluding hydrogens is 397 g/mol. The molecule has 1 aromatic heterocycles. The van der Waals surface area contributed by atoms with Gasteiger partial charge in [-0.05, 0) is 34.9 Å². The Labute approximate surface area is 144 Å². The molecule has 1 aliphatic rings. The van der Waals surface area contributed by atoms with E-state index in [9.17, 15) is 9.59 Å². The number of hydrogen-bond acceptors (Lipinski definition) is 4. The molecule has 0 aromatic carbocycles. The van der Waals surface area contributed by atoms with Crippen molar-refractivity contribution in [3.63, 3.8) is 0 Å². The lowest BCUT2D eigenvalue weighted by molar-refractivity contribution is -0.134. The maximum Gasteiger partial charge on any atom is 0.342 e. The fourth-order valence-electron chi connectivity index (χ4n) is 2.47. The highest BCUT2D eigenvalue weighted by Crippen LogP contribution is 2.25. The van der Waals surface area contributed by atoms with Crippen LogP contribution in [0, 0.1) is 9.12 Å². The van der Waals surface area contributed by atoms with E-state index in [1.54, 1.807) is 11.8 Å². The predicted octanol–water partition coefficient (Wildman–Crippen LogP) is 2.44. The average Bonchev–Trinajstić information content (AvgIpc) is 2.71. The van der Waals surface area contributed by atoms with Crippen LogP contribution in [0.15, 0.2) is 0 Å². The molecule has 0 fully saturated rings. The van der Waals surface area contributed by atoms with Crippen LogP contribution in [0.3, 0.4) is 0 Å². The Kier molecular flexibility index (Phi) is 5.14. The van der Waals surface area contributed by atoms with Crippen molar-refractivity contribution in [1.29, 1.82) is 0 Å². The number of rotatable bonds is 3. The average molecular weight is 419 g/mol. The highest BCUT2D eigenvalue weighted by molar-refractivity contribution is 14.1. The number of amides is 1. The van der Waals surface area contributed by atoms with Crippen LogP contribution in [0.1, 0.15) is 50.2 Å². The van der Waals surface area contributed by atoms with Crippen molar-refractivity contribution in [2.24, 2.45) is 5.41 Å². The Morgan fingerprint density at radius 2 is 2.00 bits per heavy atom. The molecule has 6 nitrogen and oxygen atoms in total. The monoisotopic (exact) mass is 419 g/mol. The second-order valence-electron chi connectivity index (χ2n) is 6.61. The van der Waals surface area contributed by atoms with Gasteiger partial charge in [0.15, 0.2) is 0 Å². The summed E-state index contributed by atoms with van der Waals surface area (Å²) in [4.78, 5) is 26.3. The molecule has 2 rings (SSSR count). The first-order valence-corrected chi connectivity index (χ1v) is 8.51. The molecule has 0 radical (unpaired) electrons. The van der Waals surface area contributed by atoms with E-state index in [0.717, 1.165) is 5.69 Å². The van der Waals surface area contributed by atoms with Crippen molar-refractivity contribution in [2.45, 2.75) is 47.2 Å². The number of halogens is 1. The highest BCUT2D eigenvalue weighted by atomic mass is 127. The first-order chi connectivity index (χ1) is 10.2. The SMILES string of the molecule is CCOC(=O)c1c(I)nn2c1CN(C(=O)CC(C)(C)C)CC2. The van der Waals surface area contributed by atoms with Gasteiger partial charge in [0.2, 0.25) is 5.91 Å². The summed E-state index contributed by atoms with van der Waals surface area (Å²) in [6.07, 6.45) is 0.493. The van der Waals surface area contributed by atoms with E-state index in [0.29, 0.717) is 41.9 Å². The fraction of sp³-hybridized carbons (Fsp3) is 0.667. The van der Waals surface area contributed by atoms with Crippen LogP contribution in [-0.4, -0.2) is 39.7 Å². The number of carbonyl (C=O) groups is 2. The summed E-state index contributed by atoms with van der Waals surface area (Å²) in [6, 6.07) is 0. The Morgan fingerprint density at radius 3 is 2.59 bits per heavy atom. The van der Waals surface area contributed by atoms with E-state index in [1.807, 2.05) is 48.0 Å². The van der Waals surface area contributed by atoms with Crippen molar-refractivity contribution in [3.05, 3.63) is 15.0 Å². The molecule has 22 heavy (non-hydrogen) atoms. The summed E-state index contributed by atoms with van der Waals surface area (Å²) in [5, 5.41) is 4.39. The predicted molar refractivity (Wildman–Crippen MR) is 90.4 cm³/mol. The lowest BCUT2D eigenvalue weighted by Crippen LogP contribution is -2.40. The number of esters is 1. The highest BCUT2D eigenvalue weighted by Gasteiger charge is 2.31. The lowest BCUT2D eigenvalue weighted by atomic mass is 9.91. The number of fused-ring (bicyclic) bond motifs is 1. The Morgan fingerprint density at radius 1 is 1.32 bits per heavy atom. The molecule has 0 aliphatic carbocycles. The van der Waals surface area contributed by atoms with E-state index in [2.05, 4.69) is 5.10 Å². The summed E-state index contributed by atoms with van der Waals surface area (Å²) in [5.41, 5.74) is 1.22. The zero-order valence-corrected chi connectivity index (χ0v) is 15.6. The van der Waals surface area contributed by atoms with Crippen molar-refractivity contribution in [2.75, 3.05) is 13.2 Å². The number of hydrogen-bond donors (Lipinski definition) is 0. The zero-order valence-electron chi connectivity index (χ0n) is 13.5. The molecule has 0 saturated heterocycles. The van der Waals surface area contributed by atoms with Gasteiger partial charge in [0, 0.05) is 13.0 Å². The van der Waals surface area contributed by atoms with Crippen LogP contribution in [0.2, 0.25) is 0 Å². The molecule has 2 heterocycles. The van der Waals surface area contributed by atoms with E-state index >= 15 is 0 Å². The Bertz CT molecular complexity index is 590. The molecule has 7 heteroatoms. The molecule has 1 aliphatic heterocycles. The van der Waals surface area contributed by atoms with Crippen molar-refractivity contribution >= 4 is 34.5 Å². The van der Waals surface area contributed by atoms with E-state index in [1.165, 1.54) is 0 Å². The number of aromatic nitrogens is 2. The minimum absolute atomic E-state index is 0.0484. The molecule has 0 saturated carbocycles. The molecule has 1 amide bonds. The summed E-state index contributed by atoms with van der Waals surface area (Å²) >= 11 is 2.05. The molecule has 1 aromatic rings. The van der Waals surface area contributed by atoms with E-state index in [4.69, 9.17) is 4.74 Å². The summed E-state index contributed by atoms with van der Waals surface area (Å²) in [7, 11) is 0. The topological polar surface area (TPSA) is 64.4 Å². The number of nitrogens with zero attached hydrogens (tertiary/aromatic N) is 3. The van der Waals surface area contributed by atoms with Gasteiger partial charge < -0.3 is 9.64 Å². The quantitative estimate of drug-likeness (QED) is 0.558. The van der Waals surface area contributed by atoms with Gasteiger partial charge >= 0.3 is 5.97 Å². The first-order valence-electron chi connectivity index (χ1n) is 7.43. The van der Waals surface area contributed by atoms with E-state index < -0.39 is 0 Å². The Hall–Kier alpha value is -1.12. The van der Waals surface area contributed by atoms with Gasteiger partial charge in [-0.1, -0.05) is 20.8 Å². The van der Waals surface area contributed by atoms with Crippen molar-refractivity contribution in [1.82, 2.24) is 14.7 Å². The van der Waals surface area contributed by atoms with Crippen LogP contribution < -0.4 is 0 Å². The maximum atomic E-state index is 12.4. The standard InChI is InChI=1S/C15H22IN3O3/c1-5-22-14(21)12-10-9-18(11(20)8-15(2,3)4)6-7-19(10)17-13(12)16/h5-9H2,1-4H3. The van der Waals surface area contributed by atoms with Crippen LogP contribution in [-0.2, 0) is 22.6 Å². The maximum absolute atomic E-state index is 12.4. The van der Waals surface area contributed by atoms with Crippen molar-refractivity contribution in [3.8, 4) is 0 Å². The number of ether oxygens (including phenoxy) is 1. The van der Waals surface area contributed by atoms with Crippen LogP contribution in [0.25, 0.3) is 0 Å².